The van der Waals surface area contributed by atoms with Crippen LogP contribution in [0.25, 0.3) is 10.4 Å². The monoisotopic (exact) mass is 398 g/mol. The highest BCUT2D eigenvalue weighted by molar-refractivity contribution is 7.17. The molecule has 1 atom stereocenters. The molecule has 0 spiro atoms. The summed E-state index contributed by atoms with van der Waals surface area (Å²) < 4.78 is 5.88. The Morgan fingerprint density at radius 3 is 3.11 bits per heavy atom. The molecule has 4 nitrogen and oxygen atoms in total. The summed E-state index contributed by atoms with van der Waals surface area (Å²) >= 11 is 1.59. The van der Waals surface area contributed by atoms with E-state index in [0.717, 1.165) is 47.3 Å². The molecule has 150 valence electrons. The van der Waals surface area contributed by atoms with Crippen molar-refractivity contribution in [3.8, 4) is 16.2 Å². The minimum Gasteiger partial charge on any atom is -0.488 e. The zero-order valence-corrected chi connectivity index (χ0v) is 17.7. The molecule has 0 unspecified atom stereocenters. The zero-order valence-electron chi connectivity index (χ0n) is 16.9. The standard InChI is InChI=1S/C23H30N2O2S/c1-3-18-9-4-5-12-25(18)13-7-11-24-23(26)20-14-17-15-27-19-10-6-8-16(2)21(19)22(17)28-20/h6,8,10,14,18H,3-5,7,9,11-13,15H2,1-2H3,(H,24,26)/t18-/m1/s1. The van der Waals surface area contributed by atoms with Gasteiger partial charge >= 0.3 is 0 Å². The van der Waals surface area contributed by atoms with Gasteiger partial charge in [0.25, 0.3) is 5.91 Å². The normalized spacial score (nSPS) is 18.9. The van der Waals surface area contributed by atoms with Gasteiger partial charge in [0.1, 0.15) is 12.4 Å². The molecule has 0 saturated carbocycles. The highest BCUT2D eigenvalue weighted by Gasteiger charge is 2.24. The molecule has 2 aliphatic rings. The van der Waals surface area contributed by atoms with Gasteiger partial charge < -0.3 is 15.0 Å². The second-order valence-electron chi connectivity index (χ2n) is 7.91. The fourth-order valence-corrected chi connectivity index (χ4v) is 5.65. The van der Waals surface area contributed by atoms with Gasteiger partial charge in [0, 0.05) is 35.1 Å². The van der Waals surface area contributed by atoms with Gasteiger partial charge in [-0.25, -0.2) is 0 Å². The van der Waals surface area contributed by atoms with E-state index in [0.29, 0.717) is 6.61 Å². The number of carbonyl (C=O) groups is 1. The van der Waals surface area contributed by atoms with E-state index in [2.05, 4.69) is 30.1 Å². The van der Waals surface area contributed by atoms with Crippen molar-refractivity contribution < 1.29 is 9.53 Å². The van der Waals surface area contributed by atoms with Crippen LogP contribution in [0.3, 0.4) is 0 Å². The lowest BCUT2D eigenvalue weighted by atomic mass is 10.00. The first-order valence-electron chi connectivity index (χ1n) is 10.5. The van der Waals surface area contributed by atoms with Crippen molar-refractivity contribution in [2.24, 2.45) is 0 Å². The average molecular weight is 399 g/mol. The third kappa shape index (κ3) is 3.96. The molecule has 1 saturated heterocycles. The van der Waals surface area contributed by atoms with Gasteiger partial charge in [-0.1, -0.05) is 25.5 Å². The minimum atomic E-state index is 0.0419. The fourth-order valence-electron chi connectivity index (χ4n) is 4.45. The van der Waals surface area contributed by atoms with E-state index in [9.17, 15) is 4.79 Å². The van der Waals surface area contributed by atoms with Crippen LogP contribution >= 0.6 is 11.3 Å². The third-order valence-corrected chi connectivity index (χ3v) is 7.20. The first-order chi connectivity index (χ1) is 13.7. The Morgan fingerprint density at radius 2 is 2.25 bits per heavy atom. The summed E-state index contributed by atoms with van der Waals surface area (Å²) in [4.78, 5) is 17.3. The quantitative estimate of drug-likeness (QED) is 0.696. The summed E-state index contributed by atoms with van der Waals surface area (Å²) in [5.41, 5.74) is 3.46. The summed E-state index contributed by atoms with van der Waals surface area (Å²) in [6.45, 7) is 7.96. The van der Waals surface area contributed by atoms with Crippen molar-refractivity contribution >= 4 is 17.2 Å². The Balaban J connectivity index is 1.35. The number of nitrogens with zero attached hydrogens (tertiary/aromatic N) is 1. The maximum absolute atomic E-state index is 12.7. The van der Waals surface area contributed by atoms with Crippen molar-refractivity contribution in [3.05, 3.63) is 40.3 Å². The Hall–Kier alpha value is -1.85. The van der Waals surface area contributed by atoms with Crippen molar-refractivity contribution in [1.82, 2.24) is 10.2 Å². The number of nitrogens with one attached hydrogen (secondary N) is 1. The van der Waals surface area contributed by atoms with Gasteiger partial charge in [-0.15, -0.1) is 11.3 Å². The molecule has 4 rings (SSSR count). The number of amides is 1. The molecule has 1 N–H and O–H groups in total. The summed E-state index contributed by atoms with van der Waals surface area (Å²) in [6.07, 6.45) is 6.24. The van der Waals surface area contributed by atoms with Crippen LogP contribution in [-0.2, 0) is 6.61 Å². The third-order valence-electron chi connectivity index (χ3n) is 6.01. The van der Waals surface area contributed by atoms with E-state index in [1.54, 1.807) is 11.3 Å². The van der Waals surface area contributed by atoms with E-state index in [4.69, 9.17) is 4.74 Å². The van der Waals surface area contributed by atoms with Crippen molar-refractivity contribution in [2.75, 3.05) is 19.6 Å². The Morgan fingerprint density at radius 1 is 1.36 bits per heavy atom. The predicted octanol–water partition coefficient (Wildman–Crippen LogP) is 5.00. The first kappa shape index (κ1) is 19.5. The lowest BCUT2D eigenvalue weighted by molar-refractivity contribution is 0.0951. The van der Waals surface area contributed by atoms with Crippen molar-refractivity contribution in [2.45, 2.75) is 58.6 Å². The second kappa shape index (κ2) is 8.66. The van der Waals surface area contributed by atoms with Gasteiger partial charge in [0.15, 0.2) is 0 Å². The van der Waals surface area contributed by atoms with Crippen LogP contribution in [0.15, 0.2) is 24.3 Å². The van der Waals surface area contributed by atoms with E-state index in [-0.39, 0.29) is 5.91 Å². The number of likely N-dealkylation sites (tertiary alicyclic amines) is 1. The van der Waals surface area contributed by atoms with Gasteiger partial charge in [-0.2, -0.15) is 0 Å². The van der Waals surface area contributed by atoms with Gasteiger partial charge in [-0.3, -0.25) is 4.79 Å². The zero-order chi connectivity index (χ0) is 19.5. The topological polar surface area (TPSA) is 41.6 Å². The van der Waals surface area contributed by atoms with Crippen LogP contribution < -0.4 is 10.1 Å². The Bertz CT molecular complexity index is 845. The van der Waals surface area contributed by atoms with E-state index in [1.807, 2.05) is 18.2 Å². The lowest BCUT2D eigenvalue weighted by Crippen LogP contribution is -2.40. The van der Waals surface area contributed by atoms with Crippen LogP contribution in [0, 0.1) is 6.92 Å². The van der Waals surface area contributed by atoms with E-state index < -0.39 is 0 Å². The highest BCUT2D eigenvalue weighted by Crippen LogP contribution is 2.44. The molecule has 1 aromatic heterocycles. The van der Waals surface area contributed by atoms with Crippen LogP contribution in [0.2, 0.25) is 0 Å². The molecule has 2 aromatic rings. The van der Waals surface area contributed by atoms with Crippen LogP contribution in [-0.4, -0.2) is 36.5 Å². The van der Waals surface area contributed by atoms with Crippen LogP contribution in [0.5, 0.6) is 5.75 Å². The molecule has 28 heavy (non-hydrogen) atoms. The average Bonchev–Trinajstić information content (AvgIpc) is 3.16. The number of carbonyl (C=O) groups excluding carboxylic acids is 1. The number of rotatable bonds is 6. The molecular weight excluding hydrogens is 368 g/mol. The molecule has 1 amide bonds. The van der Waals surface area contributed by atoms with Crippen molar-refractivity contribution in [1.29, 1.82) is 0 Å². The molecular formula is C23H30N2O2S. The SMILES string of the molecule is CC[C@@H]1CCCCN1CCCNC(=O)c1cc2c(s1)-c1c(C)cccc1OC2. The van der Waals surface area contributed by atoms with Crippen molar-refractivity contribution in [3.63, 3.8) is 0 Å². The Kier molecular flexibility index (Phi) is 6.02. The molecule has 0 bridgehead atoms. The fraction of sp³-hybridized carbons (Fsp3) is 0.522. The van der Waals surface area contributed by atoms with Gasteiger partial charge in [0.05, 0.1) is 4.88 Å². The maximum atomic E-state index is 12.7. The summed E-state index contributed by atoms with van der Waals surface area (Å²) in [6, 6.07) is 8.86. The van der Waals surface area contributed by atoms with E-state index >= 15 is 0 Å². The molecule has 5 heteroatoms. The number of benzene rings is 1. The number of fused-ring (bicyclic) bond motifs is 3. The maximum Gasteiger partial charge on any atom is 0.261 e. The molecule has 1 aromatic carbocycles. The Labute approximate surface area is 171 Å². The molecule has 0 radical (unpaired) electrons. The summed E-state index contributed by atoms with van der Waals surface area (Å²) in [5.74, 6) is 0.966. The smallest absolute Gasteiger partial charge is 0.261 e. The number of hydrogen-bond acceptors (Lipinski definition) is 4. The number of aryl methyl sites for hydroxylation is 1. The molecule has 1 fully saturated rings. The summed E-state index contributed by atoms with van der Waals surface area (Å²) in [5, 5.41) is 3.12. The predicted molar refractivity (Wildman–Crippen MR) is 115 cm³/mol. The lowest BCUT2D eigenvalue weighted by Gasteiger charge is -2.35. The number of piperidine rings is 1. The van der Waals surface area contributed by atoms with Crippen LogP contribution in [0.4, 0.5) is 0 Å². The molecule has 0 aliphatic carbocycles. The van der Waals surface area contributed by atoms with Crippen LogP contribution in [0.1, 0.15) is 59.8 Å². The first-order valence-corrected chi connectivity index (χ1v) is 11.4. The van der Waals surface area contributed by atoms with Gasteiger partial charge in [0.2, 0.25) is 0 Å². The van der Waals surface area contributed by atoms with E-state index in [1.165, 1.54) is 42.7 Å². The molecule has 3 heterocycles. The summed E-state index contributed by atoms with van der Waals surface area (Å²) in [7, 11) is 0. The highest BCUT2D eigenvalue weighted by atomic mass is 32.1. The largest absolute Gasteiger partial charge is 0.488 e. The molecule has 2 aliphatic heterocycles. The second-order valence-corrected chi connectivity index (χ2v) is 8.96. The number of ether oxygens (including phenoxy) is 1. The number of hydrogen-bond donors (Lipinski definition) is 1. The van der Waals surface area contributed by atoms with Gasteiger partial charge in [-0.05, 0) is 56.8 Å². The number of thiophene rings is 1. The minimum absolute atomic E-state index is 0.0419.